The summed E-state index contributed by atoms with van der Waals surface area (Å²) < 4.78 is 6.82. The minimum atomic E-state index is -0.406. The van der Waals surface area contributed by atoms with E-state index in [4.69, 9.17) is 16.3 Å². The number of rotatable bonds is 5. The summed E-state index contributed by atoms with van der Waals surface area (Å²) in [7, 11) is 1.59. The number of carbonyl (C=O) groups is 1. The number of carbonyl (C=O) groups excluding carboxylic acids is 1. The molecule has 7 heteroatoms. The quantitative estimate of drug-likeness (QED) is 0.454. The predicted octanol–water partition coefficient (Wildman–Crippen LogP) is 5.47. The Kier molecular flexibility index (Phi) is 5.73. The van der Waals surface area contributed by atoms with Gasteiger partial charge in [0.05, 0.1) is 12.8 Å². The molecule has 1 N–H and O–H groups in total. The first kappa shape index (κ1) is 20.6. The van der Waals surface area contributed by atoms with E-state index in [9.17, 15) is 4.79 Å². The van der Waals surface area contributed by atoms with Gasteiger partial charge < -0.3 is 10.1 Å². The monoisotopic (exact) mass is 432 g/mol. The second kappa shape index (κ2) is 8.62. The lowest BCUT2D eigenvalue weighted by atomic mass is 10.1. The summed E-state index contributed by atoms with van der Waals surface area (Å²) in [6.45, 7) is 3.98. The number of benzene rings is 3. The minimum absolute atomic E-state index is 0.0609. The van der Waals surface area contributed by atoms with Gasteiger partial charge in [0.1, 0.15) is 5.75 Å². The van der Waals surface area contributed by atoms with Crippen molar-refractivity contribution in [3.05, 3.63) is 88.7 Å². The molecule has 0 unspecified atom stereocenters. The molecule has 156 valence electrons. The molecule has 0 bridgehead atoms. The van der Waals surface area contributed by atoms with Crippen molar-refractivity contribution in [2.75, 3.05) is 12.4 Å². The van der Waals surface area contributed by atoms with Crippen molar-refractivity contribution < 1.29 is 9.53 Å². The molecule has 1 amide bonds. The second-order valence-corrected chi connectivity index (χ2v) is 7.59. The number of hydrogen-bond donors (Lipinski definition) is 1. The number of amides is 1. The van der Waals surface area contributed by atoms with E-state index in [2.05, 4.69) is 15.4 Å². The third-order valence-corrected chi connectivity index (χ3v) is 5.10. The molecule has 3 aromatic carbocycles. The number of nitrogens with zero attached hydrogens (tertiary/aromatic N) is 3. The standard InChI is InChI=1S/C24H21ClN4O2/c1-15-4-7-17(8-5-15)23-27-22(24(30)26-19-10-12-20(31-3)13-11-19)28-29(23)21-14-18(25)9-6-16(21)2/h4-14H,1-3H3,(H,26,30). The van der Waals surface area contributed by atoms with Gasteiger partial charge in [-0.05, 0) is 55.8 Å². The number of anilines is 1. The van der Waals surface area contributed by atoms with Gasteiger partial charge in [0.25, 0.3) is 5.91 Å². The van der Waals surface area contributed by atoms with Crippen molar-refractivity contribution in [1.82, 2.24) is 14.8 Å². The molecule has 0 radical (unpaired) electrons. The SMILES string of the molecule is COc1ccc(NC(=O)c2nc(-c3ccc(C)cc3)n(-c3cc(Cl)ccc3C)n2)cc1. The molecule has 0 atom stereocenters. The lowest BCUT2D eigenvalue weighted by Crippen LogP contribution is -2.14. The number of nitrogens with one attached hydrogen (secondary N) is 1. The molecule has 0 aliphatic rings. The molecular weight excluding hydrogens is 412 g/mol. The number of hydrogen-bond acceptors (Lipinski definition) is 4. The van der Waals surface area contributed by atoms with E-state index in [-0.39, 0.29) is 5.82 Å². The van der Waals surface area contributed by atoms with E-state index in [1.807, 2.05) is 56.3 Å². The Morgan fingerprint density at radius 1 is 1.00 bits per heavy atom. The van der Waals surface area contributed by atoms with Crippen LogP contribution in [0.15, 0.2) is 66.7 Å². The maximum Gasteiger partial charge on any atom is 0.295 e. The fraction of sp³-hybridized carbons (Fsp3) is 0.125. The Morgan fingerprint density at radius 3 is 2.39 bits per heavy atom. The lowest BCUT2D eigenvalue weighted by molar-refractivity contribution is 0.101. The van der Waals surface area contributed by atoms with Crippen molar-refractivity contribution in [3.8, 4) is 22.8 Å². The van der Waals surface area contributed by atoms with Crippen molar-refractivity contribution in [2.45, 2.75) is 13.8 Å². The predicted molar refractivity (Wildman–Crippen MR) is 122 cm³/mol. The summed E-state index contributed by atoms with van der Waals surface area (Å²) in [5, 5.41) is 7.93. The van der Waals surface area contributed by atoms with E-state index in [1.165, 1.54) is 0 Å². The van der Waals surface area contributed by atoms with Gasteiger partial charge in [0.2, 0.25) is 5.82 Å². The van der Waals surface area contributed by atoms with Crippen LogP contribution in [0.1, 0.15) is 21.7 Å². The third-order valence-electron chi connectivity index (χ3n) is 4.87. The Bertz CT molecular complexity index is 1230. The Balaban J connectivity index is 1.76. The van der Waals surface area contributed by atoms with E-state index in [0.717, 1.165) is 22.4 Å². The number of halogens is 1. The first-order valence-electron chi connectivity index (χ1n) is 9.70. The van der Waals surface area contributed by atoms with E-state index < -0.39 is 5.91 Å². The highest BCUT2D eigenvalue weighted by atomic mass is 35.5. The minimum Gasteiger partial charge on any atom is -0.497 e. The molecule has 1 heterocycles. The molecule has 4 rings (SSSR count). The number of aromatic nitrogens is 3. The molecule has 0 saturated carbocycles. The Morgan fingerprint density at radius 2 is 1.71 bits per heavy atom. The maximum atomic E-state index is 12.9. The highest BCUT2D eigenvalue weighted by Gasteiger charge is 2.20. The maximum absolute atomic E-state index is 12.9. The normalized spacial score (nSPS) is 10.7. The van der Waals surface area contributed by atoms with Crippen LogP contribution in [0, 0.1) is 13.8 Å². The molecule has 0 saturated heterocycles. The van der Waals surface area contributed by atoms with Crippen LogP contribution in [0.5, 0.6) is 5.75 Å². The number of methoxy groups -OCH3 is 1. The lowest BCUT2D eigenvalue weighted by Gasteiger charge is -2.09. The fourth-order valence-corrected chi connectivity index (χ4v) is 3.30. The number of aryl methyl sites for hydroxylation is 2. The number of ether oxygens (including phenoxy) is 1. The average molecular weight is 433 g/mol. The van der Waals surface area contributed by atoms with Crippen LogP contribution in [-0.2, 0) is 0 Å². The van der Waals surface area contributed by atoms with Gasteiger partial charge in [-0.2, -0.15) is 0 Å². The van der Waals surface area contributed by atoms with Crippen LogP contribution < -0.4 is 10.1 Å². The topological polar surface area (TPSA) is 69.0 Å². The van der Waals surface area contributed by atoms with Crippen molar-refractivity contribution in [1.29, 1.82) is 0 Å². The highest BCUT2D eigenvalue weighted by Crippen LogP contribution is 2.26. The molecule has 0 spiro atoms. The average Bonchev–Trinajstić information content (AvgIpc) is 3.22. The van der Waals surface area contributed by atoms with Gasteiger partial charge in [-0.1, -0.05) is 47.5 Å². The van der Waals surface area contributed by atoms with Crippen LogP contribution in [0.3, 0.4) is 0 Å². The van der Waals surface area contributed by atoms with Gasteiger partial charge in [-0.15, -0.1) is 5.10 Å². The zero-order valence-corrected chi connectivity index (χ0v) is 18.1. The molecule has 31 heavy (non-hydrogen) atoms. The largest absolute Gasteiger partial charge is 0.497 e. The zero-order chi connectivity index (χ0) is 22.0. The van der Waals surface area contributed by atoms with E-state index in [1.54, 1.807) is 36.1 Å². The third kappa shape index (κ3) is 4.44. The van der Waals surface area contributed by atoms with Gasteiger partial charge in [-0.25, -0.2) is 9.67 Å². The summed E-state index contributed by atoms with van der Waals surface area (Å²) in [4.78, 5) is 17.5. The fourth-order valence-electron chi connectivity index (χ4n) is 3.14. The van der Waals surface area contributed by atoms with Crippen LogP contribution >= 0.6 is 11.6 Å². The van der Waals surface area contributed by atoms with Gasteiger partial charge in [0.15, 0.2) is 5.82 Å². The zero-order valence-electron chi connectivity index (χ0n) is 17.4. The summed E-state index contributed by atoms with van der Waals surface area (Å²) >= 11 is 6.24. The first-order chi connectivity index (χ1) is 14.9. The molecule has 1 aromatic heterocycles. The molecule has 0 aliphatic carbocycles. The van der Waals surface area contributed by atoms with E-state index >= 15 is 0 Å². The summed E-state index contributed by atoms with van der Waals surface area (Å²) in [6, 6.07) is 20.5. The van der Waals surface area contributed by atoms with Gasteiger partial charge in [0, 0.05) is 16.3 Å². The van der Waals surface area contributed by atoms with Gasteiger partial charge >= 0.3 is 0 Å². The molecule has 0 aliphatic heterocycles. The summed E-state index contributed by atoms with van der Waals surface area (Å²) in [6.07, 6.45) is 0. The van der Waals surface area contributed by atoms with Crippen LogP contribution in [-0.4, -0.2) is 27.8 Å². The second-order valence-electron chi connectivity index (χ2n) is 7.15. The van der Waals surface area contributed by atoms with Crippen LogP contribution in [0.25, 0.3) is 17.1 Å². The molecule has 4 aromatic rings. The Labute approximate surface area is 185 Å². The molecule has 0 fully saturated rings. The first-order valence-corrected chi connectivity index (χ1v) is 10.1. The van der Waals surface area contributed by atoms with Crippen LogP contribution in [0.4, 0.5) is 5.69 Å². The highest BCUT2D eigenvalue weighted by molar-refractivity contribution is 6.30. The van der Waals surface area contributed by atoms with Crippen molar-refractivity contribution in [2.24, 2.45) is 0 Å². The molecular formula is C24H21ClN4O2. The van der Waals surface area contributed by atoms with Crippen molar-refractivity contribution in [3.63, 3.8) is 0 Å². The summed E-state index contributed by atoms with van der Waals surface area (Å²) in [5.74, 6) is 0.923. The smallest absolute Gasteiger partial charge is 0.295 e. The summed E-state index contributed by atoms with van der Waals surface area (Å²) in [5.41, 5.74) is 4.33. The Hall–Kier alpha value is -3.64. The van der Waals surface area contributed by atoms with Gasteiger partial charge in [-0.3, -0.25) is 4.79 Å². The van der Waals surface area contributed by atoms with E-state index in [0.29, 0.717) is 22.3 Å². The molecule has 6 nitrogen and oxygen atoms in total. The van der Waals surface area contributed by atoms with Crippen molar-refractivity contribution >= 4 is 23.2 Å². The van der Waals surface area contributed by atoms with Crippen LogP contribution in [0.2, 0.25) is 5.02 Å².